The van der Waals surface area contributed by atoms with Gasteiger partial charge in [-0.1, -0.05) is 0 Å². The fraction of sp³-hybridized carbons (Fsp3) is 0.133. The summed E-state index contributed by atoms with van der Waals surface area (Å²) >= 11 is 0. The van der Waals surface area contributed by atoms with E-state index in [1.54, 1.807) is 24.9 Å². The molecule has 0 N–H and O–H groups in total. The molecule has 0 amide bonds. The Morgan fingerprint density at radius 1 is 1.05 bits per heavy atom. The quantitative estimate of drug-likeness (QED) is 0.729. The van der Waals surface area contributed by atoms with Gasteiger partial charge in [-0.15, -0.1) is 0 Å². The summed E-state index contributed by atoms with van der Waals surface area (Å²) < 4.78 is 5.17. The van der Waals surface area contributed by atoms with Crippen LogP contribution in [0.2, 0.25) is 0 Å². The molecule has 0 aliphatic heterocycles. The van der Waals surface area contributed by atoms with Crippen molar-refractivity contribution in [2.24, 2.45) is 0 Å². The lowest BCUT2D eigenvalue weighted by atomic mass is 10.0. The van der Waals surface area contributed by atoms with Crippen LogP contribution >= 0.6 is 0 Å². The van der Waals surface area contributed by atoms with E-state index in [9.17, 15) is 0 Å². The molecule has 0 atom stereocenters. The van der Waals surface area contributed by atoms with E-state index in [1.807, 2.05) is 43.4 Å². The lowest BCUT2D eigenvalue weighted by Gasteiger charge is -2.13. The summed E-state index contributed by atoms with van der Waals surface area (Å²) in [7, 11) is 3.83. The number of anilines is 1. The molecule has 5 heteroatoms. The molecule has 0 aliphatic carbocycles. The van der Waals surface area contributed by atoms with Crippen molar-refractivity contribution in [3.8, 4) is 22.4 Å². The molecular formula is C15H14N4O. The maximum absolute atomic E-state index is 5.17. The average molecular weight is 266 g/mol. The third-order valence-electron chi connectivity index (χ3n) is 2.96. The van der Waals surface area contributed by atoms with Crippen LogP contribution in [0.1, 0.15) is 0 Å². The smallest absolute Gasteiger partial charge is 0.225 e. The van der Waals surface area contributed by atoms with Crippen molar-refractivity contribution in [2.75, 3.05) is 19.0 Å². The molecular weight excluding hydrogens is 252 g/mol. The Hall–Kier alpha value is -2.69. The zero-order valence-electron chi connectivity index (χ0n) is 11.3. The first-order chi connectivity index (χ1) is 9.75. The molecule has 0 unspecified atom stereocenters. The van der Waals surface area contributed by atoms with E-state index in [0.717, 1.165) is 22.4 Å². The highest BCUT2D eigenvalue weighted by Gasteiger charge is 2.13. The monoisotopic (exact) mass is 266 g/mol. The molecule has 0 saturated heterocycles. The largest absolute Gasteiger partial charge is 0.472 e. The molecule has 3 heterocycles. The first kappa shape index (κ1) is 12.3. The lowest BCUT2D eigenvalue weighted by molar-refractivity contribution is 0.568. The second kappa shape index (κ2) is 5.13. The van der Waals surface area contributed by atoms with Gasteiger partial charge in [0, 0.05) is 43.8 Å². The van der Waals surface area contributed by atoms with Crippen LogP contribution in [0.25, 0.3) is 22.4 Å². The highest BCUT2D eigenvalue weighted by molar-refractivity contribution is 5.80. The fourth-order valence-electron chi connectivity index (χ4n) is 1.95. The molecule has 5 nitrogen and oxygen atoms in total. The Kier molecular flexibility index (Phi) is 3.16. The molecule has 0 fully saturated rings. The Morgan fingerprint density at radius 3 is 2.50 bits per heavy atom. The maximum Gasteiger partial charge on any atom is 0.225 e. The number of nitrogens with zero attached hydrogens (tertiary/aromatic N) is 4. The number of furan rings is 1. The third-order valence-corrected chi connectivity index (χ3v) is 2.96. The second-order valence-corrected chi connectivity index (χ2v) is 4.57. The van der Waals surface area contributed by atoms with Crippen molar-refractivity contribution in [3.05, 3.63) is 49.3 Å². The summed E-state index contributed by atoms with van der Waals surface area (Å²) in [6.07, 6.45) is 8.68. The summed E-state index contributed by atoms with van der Waals surface area (Å²) in [5.74, 6) is 0.666. The van der Waals surface area contributed by atoms with Crippen molar-refractivity contribution in [3.63, 3.8) is 0 Å². The van der Waals surface area contributed by atoms with Crippen molar-refractivity contribution in [2.45, 2.75) is 0 Å². The first-order valence-electron chi connectivity index (χ1n) is 6.23. The second-order valence-electron chi connectivity index (χ2n) is 4.57. The minimum Gasteiger partial charge on any atom is -0.472 e. The van der Waals surface area contributed by atoms with Gasteiger partial charge in [0.2, 0.25) is 5.95 Å². The maximum atomic E-state index is 5.17. The van der Waals surface area contributed by atoms with Gasteiger partial charge in [-0.05, 0) is 23.8 Å². The predicted molar refractivity (Wildman–Crippen MR) is 77.3 cm³/mol. The van der Waals surface area contributed by atoms with Crippen LogP contribution in [0.3, 0.4) is 0 Å². The molecule has 0 aliphatic rings. The van der Waals surface area contributed by atoms with Crippen LogP contribution in [0, 0.1) is 0 Å². The van der Waals surface area contributed by atoms with Gasteiger partial charge in [-0.3, -0.25) is 4.98 Å². The molecule has 0 bridgehead atoms. The van der Waals surface area contributed by atoms with Gasteiger partial charge in [0.1, 0.15) is 0 Å². The van der Waals surface area contributed by atoms with E-state index in [4.69, 9.17) is 4.42 Å². The summed E-state index contributed by atoms with van der Waals surface area (Å²) in [6.45, 7) is 0. The number of hydrogen-bond acceptors (Lipinski definition) is 5. The predicted octanol–water partition coefficient (Wildman–Crippen LogP) is 2.86. The van der Waals surface area contributed by atoms with Gasteiger partial charge in [-0.25, -0.2) is 9.97 Å². The zero-order chi connectivity index (χ0) is 13.9. The highest BCUT2D eigenvalue weighted by atomic mass is 16.3. The molecule has 20 heavy (non-hydrogen) atoms. The van der Waals surface area contributed by atoms with E-state index in [-0.39, 0.29) is 0 Å². The van der Waals surface area contributed by atoms with Crippen molar-refractivity contribution in [1.82, 2.24) is 15.0 Å². The fourth-order valence-corrected chi connectivity index (χ4v) is 1.95. The lowest BCUT2D eigenvalue weighted by Crippen LogP contribution is -2.13. The topological polar surface area (TPSA) is 55.1 Å². The van der Waals surface area contributed by atoms with E-state index in [1.165, 1.54) is 0 Å². The van der Waals surface area contributed by atoms with Crippen LogP contribution in [-0.2, 0) is 0 Å². The van der Waals surface area contributed by atoms with Gasteiger partial charge >= 0.3 is 0 Å². The summed E-state index contributed by atoms with van der Waals surface area (Å²) in [5.41, 5.74) is 3.77. The van der Waals surface area contributed by atoms with E-state index in [2.05, 4.69) is 15.0 Å². The van der Waals surface area contributed by atoms with Crippen molar-refractivity contribution >= 4 is 5.95 Å². The first-order valence-corrected chi connectivity index (χ1v) is 6.23. The highest BCUT2D eigenvalue weighted by Crippen LogP contribution is 2.30. The minimum absolute atomic E-state index is 0.666. The summed E-state index contributed by atoms with van der Waals surface area (Å²) in [6, 6.07) is 5.78. The third kappa shape index (κ3) is 2.25. The normalized spacial score (nSPS) is 10.5. The molecule has 3 rings (SSSR count). The summed E-state index contributed by atoms with van der Waals surface area (Å²) in [4.78, 5) is 14.9. The van der Waals surface area contributed by atoms with Gasteiger partial charge in [0.05, 0.1) is 18.2 Å². The van der Waals surface area contributed by atoms with Crippen LogP contribution in [0.15, 0.2) is 53.7 Å². The molecule has 0 aromatic carbocycles. The van der Waals surface area contributed by atoms with Gasteiger partial charge in [-0.2, -0.15) is 0 Å². The minimum atomic E-state index is 0.666. The molecule has 0 spiro atoms. The summed E-state index contributed by atoms with van der Waals surface area (Å²) in [5, 5.41) is 0. The van der Waals surface area contributed by atoms with Crippen molar-refractivity contribution < 1.29 is 4.42 Å². The SMILES string of the molecule is CN(C)c1ncc(-c2ccncc2)c(-c2ccoc2)n1. The van der Waals surface area contributed by atoms with Crippen LogP contribution in [-0.4, -0.2) is 29.0 Å². The van der Waals surface area contributed by atoms with Crippen molar-refractivity contribution in [1.29, 1.82) is 0 Å². The van der Waals surface area contributed by atoms with Gasteiger partial charge in [0.15, 0.2) is 0 Å². The zero-order valence-corrected chi connectivity index (χ0v) is 11.3. The number of pyridine rings is 1. The van der Waals surface area contributed by atoms with E-state index < -0.39 is 0 Å². The number of aromatic nitrogens is 3. The van der Waals surface area contributed by atoms with Crippen LogP contribution in [0.5, 0.6) is 0 Å². The van der Waals surface area contributed by atoms with Crippen LogP contribution in [0.4, 0.5) is 5.95 Å². The molecule has 0 radical (unpaired) electrons. The molecule has 100 valence electrons. The molecule has 0 saturated carbocycles. The molecule has 3 aromatic heterocycles. The standard InChI is InChI=1S/C15H14N4O/c1-19(2)15-17-9-13(11-3-6-16-7-4-11)14(18-15)12-5-8-20-10-12/h3-10H,1-2H3. The average Bonchev–Trinajstić information content (AvgIpc) is 3.01. The van der Waals surface area contributed by atoms with Crippen LogP contribution < -0.4 is 4.90 Å². The van der Waals surface area contributed by atoms with E-state index >= 15 is 0 Å². The number of hydrogen-bond donors (Lipinski definition) is 0. The van der Waals surface area contributed by atoms with Gasteiger partial charge < -0.3 is 9.32 Å². The van der Waals surface area contributed by atoms with E-state index in [0.29, 0.717) is 5.95 Å². The Morgan fingerprint density at radius 2 is 1.85 bits per heavy atom. The Labute approximate surface area is 116 Å². The number of rotatable bonds is 3. The Bertz CT molecular complexity index is 693. The van der Waals surface area contributed by atoms with Gasteiger partial charge in [0.25, 0.3) is 0 Å². The Balaban J connectivity index is 2.19. The molecule has 3 aromatic rings.